The van der Waals surface area contributed by atoms with Crippen LogP contribution in [0.25, 0.3) is 0 Å². The third-order valence-electron chi connectivity index (χ3n) is 3.43. The van der Waals surface area contributed by atoms with Gasteiger partial charge in [-0.2, -0.15) is 4.31 Å². The number of hydrogen-bond acceptors (Lipinski definition) is 5. The van der Waals surface area contributed by atoms with Gasteiger partial charge in [0.25, 0.3) is 0 Å². The highest BCUT2D eigenvalue weighted by molar-refractivity contribution is 7.95. The minimum Gasteiger partial charge on any atom is -0.480 e. The highest BCUT2D eigenvalue weighted by Crippen LogP contribution is 2.28. The Kier molecular flexibility index (Phi) is 3.41. The van der Waals surface area contributed by atoms with Crippen LogP contribution in [-0.4, -0.2) is 61.6 Å². The van der Waals surface area contributed by atoms with Gasteiger partial charge in [0.1, 0.15) is 6.04 Å². The topological polar surface area (TPSA) is 109 Å². The predicted molar refractivity (Wildman–Crippen MR) is 63.3 cm³/mol. The maximum absolute atomic E-state index is 12.2. The van der Waals surface area contributed by atoms with Gasteiger partial charge < -0.3 is 5.11 Å². The first-order valence-electron chi connectivity index (χ1n) is 5.68. The van der Waals surface area contributed by atoms with Crippen LogP contribution in [0.1, 0.15) is 19.3 Å². The number of aliphatic carboxylic acids is 1. The summed E-state index contributed by atoms with van der Waals surface area (Å²) in [6, 6.07) is -1.04. The normalized spacial score (nSPS) is 32.7. The Bertz CT molecular complexity index is 552. The van der Waals surface area contributed by atoms with E-state index >= 15 is 0 Å². The summed E-state index contributed by atoms with van der Waals surface area (Å²) in [5.41, 5.74) is 0. The van der Waals surface area contributed by atoms with Crippen LogP contribution in [0.3, 0.4) is 0 Å². The first-order chi connectivity index (χ1) is 8.24. The summed E-state index contributed by atoms with van der Waals surface area (Å²) in [5.74, 6) is -1.70. The summed E-state index contributed by atoms with van der Waals surface area (Å²) >= 11 is 0. The minimum absolute atomic E-state index is 0.0630. The average Bonchev–Trinajstić information content (AvgIpc) is 2.83. The molecule has 0 aliphatic carbocycles. The molecule has 2 aliphatic rings. The summed E-state index contributed by atoms with van der Waals surface area (Å²) in [4.78, 5) is 11.0. The number of hydrogen-bond donors (Lipinski definition) is 1. The van der Waals surface area contributed by atoms with Gasteiger partial charge in [0, 0.05) is 6.54 Å². The maximum atomic E-state index is 12.2. The fourth-order valence-electron chi connectivity index (χ4n) is 2.48. The van der Waals surface area contributed by atoms with Gasteiger partial charge in [-0.25, -0.2) is 16.8 Å². The lowest BCUT2D eigenvalue weighted by molar-refractivity contribution is -0.140. The summed E-state index contributed by atoms with van der Waals surface area (Å²) in [6.45, 7) is 0.163. The van der Waals surface area contributed by atoms with E-state index in [1.54, 1.807) is 0 Å². The van der Waals surface area contributed by atoms with Crippen molar-refractivity contribution in [3.05, 3.63) is 0 Å². The molecule has 0 radical (unpaired) electrons. The Balaban J connectivity index is 2.24. The lowest BCUT2D eigenvalue weighted by Gasteiger charge is -2.23. The molecule has 0 aromatic carbocycles. The maximum Gasteiger partial charge on any atom is 0.322 e. The molecule has 104 valence electrons. The largest absolute Gasteiger partial charge is 0.480 e. The van der Waals surface area contributed by atoms with Crippen molar-refractivity contribution in [3.8, 4) is 0 Å². The van der Waals surface area contributed by atoms with Crippen LogP contribution >= 0.6 is 0 Å². The second-order valence-corrected chi connectivity index (χ2v) is 9.07. The first kappa shape index (κ1) is 13.8. The Labute approximate surface area is 106 Å². The molecular formula is C9H15NO6S2. The molecule has 9 heteroatoms. The van der Waals surface area contributed by atoms with Crippen LogP contribution in [0.15, 0.2) is 0 Å². The third-order valence-corrected chi connectivity index (χ3v) is 7.74. The van der Waals surface area contributed by atoms with E-state index in [-0.39, 0.29) is 25.1 Å². The zero-order valence-electron chi connectivity index (χ0n) is 9.65. The van der Waals surface area contributed by atoms with E-state index in [4.69, 9.17) is 5.11 Å². The van der Waals surface area contributed by atoms with Crippen LogP contribution in [-0.2, 0) is 24.7 Å². The molecular weight excluding hydrogens is 282 g/mol. The first-order valence-corrected chi connectivity index (χ1v) is 9.00. The molecule has 0 bridgehead atoms. The zero-order valence-corrected chi connectivity index (χ0v) is 11.3. The van der Waals surface area contributed by atoms with E-state index in [9.17, 15) is 21.6 Å². The van der Waals surface area contributed by atoms with Gasteiger partial charge in [0.2, 0.25) is 10.0 Å². The Hall–Kier alpha value is -0.670. The van der Waals surface area contributed by atoms with Crippen LogP contribution in [0.5, 0.6) is 0 Å². The smallest absolute Gasteiger partial charge is 0.322 e. The second kappa shape index (κ2) is 4.46. The monoisotopic (exact) mass is 297 g/mol. The quantitative estimate of drug-likeness (QED) is 0.719. The second-order valence-electron chi connectivity index (χ2n) is 4.68. The molecule has 1 N–H and O–H groups in total. The van der Waals surface area contributed by atoms with E-state index in [0.29, 0.717) is 6.42 Å². The molecule has 18 heavy (non-hydrogen) atoms. The van der Waals surface area contributed by atoms with Gasteiger partial charge >= 0.3 is 5.97 Å². The third kappa shape index (κ3) is 2.39. The average molecular weight is 297 g/mol. The summed E-state index contributed by atoms with van der Waals surface area (Å²) in [5, 5.41) is 7.98. The van der Waals surface area contributed by atoms with Crippen molar-refractivity contribution in [3.63, 3.8) is 0 Å². The molecule has 0 saturated carbocycles. The summed E-state index contributed by atoms with van der Waals surface area (Å²) in [6.07, 6.45) is 0.844. The Morgan fingerprint density at radius 3 is 2.44 bits per heavy atom. The number of rotatable bonds is 3. The molecule has 2 aliphatic heterocycles. The Morgan fingerprint density at radius 1 is 1.28 bits per heavy atom. The lowest BCUT2D eigenvalue weighted by atomic mass is 10.2. The van der Waals surface area contributed by atoms with E-state index in [1.807, 2.05) is 0 Å². The highest BCUT2D eigenvalue weighted by Gasteiger charge is 2.46. The van der Waals surface area contributed by atoms with Gasteiger partial charge in [0.05, 0.1) is 16.8 Å². The van der Waals surface area contributed by atoms with E-state index in [1.165, 1.54) is 0 Å². The standard InChI is InChI=1S/C9H15NO6S2/c11-9(12)8-2-1-4-10(8)18(15,16)7-3-5-17(13,14)6-7/h7-8H,1-6H2,(H,11,12)/t7?,8-/m0/s1. The van der Waals surface area contributed by atoms with Crippen molar-refractivity contribution in [2.24, 2.45) is 0 Å². The summed E-state index contributed by atoms with van der Waals surface area (Å²) in [7, 11) is -7.13. The van der Waals surface area contributed by atoms with E-state index in [2.05, 4.69) is 0 Å². The van der Waals surface area contributed by atoms with Crippen molar-refractivity contribution in [1.82, 2.24) is 4.31 Å². The predicted octanol–water partition coefficient (Wildman–Crippen LogP) is -0.948. The number of sulfone groups is 1. The number of sulfonamides is 1. The highest BCUT2D eigenvalue weighted by atomic mass is 32.2. The number of carboxylic acid groups (broad SMARTS) is 1. The number of carboxylic acids is 1. The van der Waals surface area contributed by atoms with Gasteiger partial charge in [-0.05, 0) is 19.3 Å². The number of nitrogens with zero attached hydrogens (tertiary/aromatic N) is 1. The van der Waals surface area contributed by atoms with E-state index in [0.717, 1.165) is 4.31 Å². The van der Waals surface area contributed by atoms with Gasteiger partial charge in [-0.15, -0.1) is 0 Å². The number of carbonyl (C=O) groups is 1. The van der Waals surface area contributed by atoms with Crippen molar-refractivity contribution < 1.29 is 26.7 Å². The van der Waals surface area contributed by atoms with Crippen molar-refractivity contribution >= 4 is 25.8 Å². The fourth-order valence-corrected chi connectivity index (χ4v) is 7.21. The molecule has 0 amide bonds. The van der Waals surface area contributed by atoms with Gasteiger partial charge in [-0.3, -0.25) is 4.79 Å². The molecule has 7 nitrogen and oxygen atoms in total. The molecule has 0 spiro atoms. The molecule has 2 heterocycles. The Morgan fingerprint density at radius 2 is 1.94 bits per heavy atom. The molecule has 2 rings (SSSR count). The van der Waals surface area contributed by atoms with Crippen molar-refractivity contribution in [1.29, 1.82) is 0 Å². The molecule has 1 unspecified atom stereocenters. The van der Waals surface area contributed by atoms with Crippen LogP contribution in [0, 0.1) is 0 Å². The minimum atomic E-state index is -3.83. The SMILES string of the molecule is O=C(O)[C@@H]1CCCN1S(=O)(=O)C1CCS(=O)(=O)C1. The zero-order chi connectivity index (χ0) is 13.6. The van der Waals surface area contributed by atoms with Crippen LogP contribution in [0.2, 0.25) is 0 Å². The van der Waals surface area contributed by atoms with Crippen LogP contribution < -0.4 is 0 Å². The van der Waals surface area contributed by atoms with Crippen molar-refractivity contribution in [2.75, 3.05) is 18.1 Å². The molecule has 2 saturated heterocycles. The van der Waals surface area contributed by atoms with Crippen molar-refractivity contribution in [2.45, 2.75) is 30.6 Å². The van der Waals surface area contributed by atoms with E-state index < -0.39 is 42.9 Å². The lowest BCUT2D eigenvalue weighted by Crippen LogP contribution is -2.45. The molecule has 0 aromatic heterocycles. The van der Waals surface area contributed by atoms with Gasteiger partial charge in [-0.1, -0.05) is 0 Å². The summed E-state index contributed by atoms with van der Waals surface area (Å²) < 4.78 is 48.1. The van der Waals surface area contributed by atoms with Gasteiger partial charge in [0.15, 0.2) is 9.84 Å². The van der Waals surface area contributed by atoms with Crippen LogP contribution in [0.4, 0.5) is 0 Å². The molecule has 0 aromatic rings. The fraction of sp³-hybridized carbons (Fsp3) is 0.889. The molecule has 2 atom stereocenters. The molecule has 2 fully saturated rings.